The minimum absolute atomic E-state index is 0.304. The highest BCUT2D eigenvalue weighted by atomic mass is 16.7. The third-order valence-corrected chi connectivity index (χ3v) is 5.66. The van der Waals surface area contributed by atoms with Gasteiger partial charge in [0, 0.05) is 38.4 Å². The molecule has 2 aromatic carbocycles. The van der Waals surface area contributed by atoms with Gasteiger partial charge in [-0.15, -0.1) is 0 Å². The van der Waals surface area contributed by atoms with Gasteiger partial charge in [0.25, 0.3) is 0 Å². The molecule has 0 radical (unpaired) electrons. The van der Waals surface area contributed by atoms with E-state index in [4.69, 9.17) is 15.2 Å². The maximum Gasteiger partial charge on any atom is 0.231 e. The third kappa shape index (κ3) is 4.20. The van der Waals surface area contributed by atoms with Crippen LogP contribution < -0.4 is 25.4 Å². The van der Waals surface area contributed by atoms with Crippen molar-refractivity contribution >= 4 is 23.0 Å². The molecule has 8 heteroatoms. The summed E-state index contributed by atoms with van der Waals surface area (Å²) < 4.78 is 10.9. The Kier molecular flexibility index (Phi) is 5.21. The van der Waals surface area contributed by atoms with E-state index in [-0.39, 0.29) is 0 Å². The van der Waals surface area contributed by atoms with Crippen molar-refractivity contribution in [3.8, 4) is 11.5 Å². The van der Waals surface area contributed by atoms with Crippen molar-refractivity contribution in [3.05, 3.63) is 59.9 Å². The second-order valence-corrected chi connectivity index (χ2v) is 7.90. The Balaban J connectivity index is 1.23. The van der Waals surface area contributed by atoms with Gasteiger partial charge < -0.3 is 25.4 Å². The first-order valence-electron chi connectivity index (χ1n) is 10.5. The van der Waals surface area contributed by atoms with Crippen molar-refractivity contribution in [2.75, 3.05) is 48.9 Å². The lowest BCUT2D eigenvalue weighted by Crippen LogP contribution is -2.46. The fourth-order valence-corrected chi connectivity index (χ4v) is 4.01. The molecule has 160 valence electrons. The van der Waals surface area contributed by atoms with Crippen molar-refractivity contribution in [1.82, 2.24) is 14.9 Å². The van der Waals surface area contributed by atoms with Gasteiger partial charge in [0.2, 0.25) is 6.79 Å². The zero-order valence-electron chi connectivity index (χ0n) is 17.5. The van der Waals surface area contributed by atoms with Crippen LogP contribution in [0, 0.1) is 6.92 Å². The molecule has 1 saturated heterocycles. The average Bonchev–Trinajstić information content (AvgIpc) is 3.24. The Labute approximate surface area is 181 Å². The van der Waals surface area contributed by atoms with E-state index in [0.717, 1.165) is 55.7 Å². The number of hydrogen-bond donors (Lipinski definition) is 2. The molecule has 3 N–H and O–H groups in total. The number of hydrogen-bond acceptors (Lipinski definition) is 8. The van der Waals surface area contributed by atoms with E-state index in [0.29, 0.717) is 18.3 Å². The molecule has 31 heavy (non-hydrogen) atoms. The SMILES string of the molecule is Cc1cccc(Nc2ncnc(N3CCN(Cc4ccc5c(c4)OCO5)CC3)c2N)c1. The number of benzene rings is 2. The van der Waals surface area contributed by atoms with E-state index in [2.05, 4.69) is 56.3 Å². The number of nitrogens with one attached hydrogen (secondary N) is 1. The van der Waals surface area contributed by atoms with Gasteiger partial charge in [0.05, 0.1) is 0 Å². The highest BCUT2D eigenvalue weighted by Gasteiger charge is 2.22. The van der Waals surface area contributed by atoms with Crippen molar-refractivity contribution in [2.24, 2.45) is 0 Å². The quantitative estimate of drug-likeness (QED) is 0.653. The van der Waals surface area contributed by atoms with Crippen LogP contribution in [0.5, 0.6) is 11.5 Å². The van der Waals surface area contributed by atoms with Gasteiger partial charge >= 0.3 is 0 Å². The van der Waals surface area contributed by atoms with Gasteiger partial charge in [-0.1, -0.05) is 18.2 Å². The number of fused-ring (bicyclic) bond motifs is 1. The van der Waals surface area contributed by atoms with E-state index in [1.807, 2.05) is 18.2 Å². The van der Waals surface area contributed by atoms with Crippen molar-refractivity contribution in [3.63, 3.8) is 0 Å². The first-order valence-corrected chi connectivity index (χ1v) is 10.5. The molecule has 3 aromatic rings. The Morgan fingerprint density at radius 2 is 1.84 bits per heavy atom. The Morgan fingerprint density at radius 1 is 1.00 bits per heavy atom. The zero-order valence-corrected chi connectivity index (χ0v) is 17.5. The molecule has 8 nitrogen and oxygen atoms in total. The number of nitrogens with zero attached hydrogens (tertiary/aromatic N) is 4. The van der Waals surface area contributed by atoms with Crippen molar-refractivity contribution in [1.29, 1.82) is 0 Å². The smallest absolute Gasteiger partial charge is 0.231 e. The second kappa shape index (κ2) is 8.31. The van der Waals surface area contributed by atoms with E-state index in [1.165, 1.54) is 11.1 Å². The molecule has 2 aliphatic rings. The van der Waals surface area contributed by atoms with Crippen molar-refractivity contribution in [2.45, 2.75) is 13.5 Å². The summed E-state index contributed by atoms with van der Waals surface area (Å²) in [5.41, 5.74) is 10.4. The van der Waals surface area contributed by atoms with Crippen molar-refractivity contribution < 1.29 is 9.47 Å². The maximum atomic E-state index is 6.44. The van der Waals surface area contributed by atoms with Gasteiger partial charge in [-0.05, 0) is 42.3 Å². The van der Waals surface area contributed by atoms with Crippen LogP contribution in [0.2, 0.25) is 0 Å². The number of anilines is 4. The van der Waals surface area contributed by atoms with Crippen LogP contribution in [0.3, 0.4) is 0 Å². The van der Waals surface area contributed by atoms with Gasteiger partial charge in [-0.3, -0.25) is 4.90 Å². The topological polar surface area (TPSA) is 88.8 Å². The number of piperazine rings is 1. The lowest BCUT2D eigenvalue weighted by Gasteiger charge is -2.36. The lowest BCUT2D eigenvalue weighted by atomic mass is 10.1. The number of ether oxygens (including phenoxy) is 2. The fourth-order valence-electron chi connectivity index (χ4n) is 4.01. The molecule has 1 aromatic heterocycles. The number of aryl methyl sites for hydroxylation is 1. The lowest BCUT2D eigenvalue weighted by molar-refractivity contribution is 0.174. The predicted octanol–water partition coefficient (Wildman–Crippen LogP) is 3.16. The number of nitrogens with two attached hydrogens (primary N) is 1. The van der Waals surface area contributed by atoms with Gasteiger partial charge in [-0.2, -0.15) is 0 Å². The molecule has 0 aliphatic carbocycles. The minimum Gasteiger partial charge on any atom is -0.454 e. The number of nitrogen functional groups attached to an aromatic ring is 1. The van der Waals surface area contributed by atoms with Crippen LogP contribution in [-0.4, -0.2) is 47.8 Å². The maximum absolute atomic E-state index is 6.44. The normalized spacial score (nSPS) is 15.8. The largest absolute Gasteiger partial charge is 0.454 e. The monoisotopic (exact) mass is 418 g/mol. The molecule has 0 amide bonds. The minimum atomic E-state index is 0.304. The molecule has 5 rings (SSSR count). The van der Waals surface area contributed by atoms with Crippen LogP contribution in [0.25, 0.3) is 0 Å². The first kappa shape index (κ1) is 19.4. The van der Waals surface area contributed by atoms with Crippen LogP contribution in [0.4, 0.5) is 23.0 Å². The second-order valence-electron chi connectivity index (χ2n) is 7.90. The molecule has 0 bridgehead atoms. The molecule has 1 fully saturated rings. The molecule has 3 heterocycles. The van der Waals surface area contributed by atoms with Crippen LogP contribution >= 0.6 is 0 Å². The molecule has 0 saturated carbocycles. The van der Waals surface area contributed by atoms with Gasteiger partial charge in [-0.25, -0.2) is 9.97 Å². The van der Waals surface area contributed by atoms with Gasteiger partial charge in [0.1, 0.15) is 12.0 Å². The first-order chi connectivity index (χ1) is 15.2. The summed E-state index contributed by atoms with van der Waals surface area (Å²) in [5.74, 6) is 3.08. The van der Waals surface area contributed by atoms with Crippen LogP contribution in [0.15, 0.2) is 48.8 Å². The van der Waals surface area contributed by atoms with Crippen LogP contribution in [0.1, 0.15) is 11.1 Å². The highest BCUT2D eigenvalue weighted by Crippen LogP contribution is 2.33. The standard InChI is InChI=1S/C23H26N6O2/c1-16-3-2-4-18(11-16)27-22-21(24)23(26-14-25-22)29-9-7-28(8-10-29)13-17-5-6-19-20(12-17)31-15-30-19/h2-6,11-12,14H,7-10,13,15,24H2,1H3,(H,25,26,27). The summed E-state index contributed by atoms with van der Waals surface area (Å²) in [7, 11) is 0. The molecule has 0 spiro atoms. The summed E-state index contributed by atoms with van der Waals surface area (Å²) in [5, 5.41) is 3.32. The molecule has 0 atom stereocenters. The Hall–Kier alpha value is -3.52. The fraction of sp³-hybridized carbons (Fsp3) is 0.304. The summed E-state index contributed by atoms with van der Waals surface area (Å²) in [6, 6.07) is 14.3. The van der Waals surface area contributed by atoms with Gasteiger partial charge in [0.15, 0.2) is 23.1 Å². The van der Waals surface area contributed by atoms with E-state index >= 15 is 0 Å². The zero-order chi connectivity index (χ0) is 21.2. The summed E-state index contributed by atoms with van der Waals surface area (Å²) in [6.45, 7) is 6.81. The highest BCUT2D eigenvalue weighted by molar-refractivity contribution is 5.78. The predicted molar refractivity (Wildman–Crippen MR) is 121 cm³/mol. The third-order valence-electron chi connectivity index (χ3n) is 5.66. The Bertz CT molecular complexity index is 1080. The van der Waals surface area contributed by atoms with E-state index in [1.54, 1.807) is 6.33 Å². The molecule has 0 unspecified atom stereocenters. The summed E-state index contributed by atoms with van der Waals surface area (Å²) >= 11 is 0. The molecular weight excluding hydrogens is 392 g/mol. The molecular formula is C23H26N6O2. The average molecular weight is 419 g/mol. The summed E-state index contributed by atoms with van der Waals surface area (Å²) in [6.07, 6.45) is 1.57. The van der Waals surface area contributed by atoms with Crippen LogP contribution in [-0.2, 0) is 6.54 Å². The molecule has 2 aliphatic heterocycles. The number of rotatable bonds is 5. The summed E-state index contributed by atoms with van der Waals surface area (Å²) in [4.78, 5) is 13.5. The number of aromatic nitrogens is 2. The Morgan fingerprint density at radius 3 is 2.68 bits per heavy atom. The van der Waals surface area contributed by atoms with E-state index < -0.39 is 0 Å². The van der Waals surface area contributed by atoms with E-state index in [9.17, 15) is 0 Å².